The lowest BCUT2D eigenvalue weighted by Gasteiger charge is -2.32. The Morgan fingerprint density at radius 1 is 1.30 bits per heavy atom. The van der Waals surface area contributed by atoms with Gasteiger partial charge in [0.1, 0.15) is 5.75 Å². The molecule has 1 unspecified atom stereocenters. The molecule has 106 valence electrons. The van der Waals surface area contributed by atoms with Crippen molar-refractivity contribution in [1.29, 1.82) is 0 Å². The van der Waals surface area contributed by atoms with Crippen molar-refractivity contribution in [3.05, 3.63) is 52.8 Å². The molecule has 1 aromatic carbocycles. The maximum atomic E-state index is 9.36. The summed E-state index contributed by atoms with van der Waals surface area (Å²) < 4.78 is 5.39. The second-order valence-corrected chi connectivity index (χ2v) is 5.51. The summed E-state index contributed by atoms with van der Waals surface area (Å²) in [6.45, 7) is 1.04. The summed E-state index contributed by atoms with van der Waals surface area (Å²) in [5.74, 6) is 1.43. The molecule has 0 saturated carbocycles. The van der Waals surface area contributed by atoms with E-state index in [1.54, 1.807) is 24.8 Å². The third-order valence-electron chi connectivity index (χ3n) is 4.27. The van der Waals surface area contributed by atoms with Crippen molar-refractivity contribution in [2.24, 2.45) is 0 Å². The predicted molar refractivity (Wildman–Crippen MR) is 79.6 cm³/mol. The van der Waals surface area contributed by atoms with Crippen molar-refractivity contribution >= 4 is 0 Å². The molecule has 1 aromatic rings. The van der Waals surface area contributed by atoms with Gasteiger partial charge in [-0.1, -0.05) is 17.7 Å². The van der Waals surface area contributed by atoms with Crippen LogP contribution in [0.15, 0.2) is 47.2 Å². The van der Waals surface area contributed by atoms with Crippen LogP contribution >= 0.6 is 0 Å². The Labute approximate surface area is 120 Å². The molecule has 3 nitrogen and oxygen atoms in total. The third-order valence-corrected chi connectivity index (χ3v) is 4.27. The summed E-state index contributed by atoms with van der Waals surface area (Å²) in [5.41, 5.74) is 4.34. The predicted octanol–water partition coefficient (Wildman–Crippen LogP) is 2.92. The lowest BCUT2D eigenvalue weighted by atomic mass is 9.84. The Morgan fingerprint density at radius 2 is 2.10 bits per heavy atom. The highest BCUT2D eigenvalue weighted by Gasteiger charge is 2.25. The molecule has 0 saturated heterocycles. The van der Waals surface area contributed by atoms with Gasteiger partial charge < -0.3 is 15.2 Å². The Morgan fingerprint density at radius 3 is 2.85 bits per heavy atom. The molecule has 0 fully saturated rings. The van der Waals surface area contributed by atoms with E-state index in [-0.39, 0.29) is 0 Å². The van der Waals surface area contributed by atoms with E-state index >= 15 is 0 Å². The number of nitrogens with one attached hydrogen (secondary N) is 1. The maximum absolute atomic E-state index is 9.36. The van der Waals surface area contributed by atoms with E-state index in [0.29, 0.717) is 11.8 Å². The number of aromatic hydroxyl groups is 1. The molecule has 0 bridgehead atoms. The average Bonchev–Trinajstić information content (AvgIpc) is 2.49. The molecule has 2 aliphatic rings. The van der Waals surface area contributed by atoms with Crippen molar-refractivity contribution in [2.75, 3.05) is 13.7 Å². The van der Waals surface area contributed by atoms with E-state index in [2.05, 4.69) is 11.4 Å². The number of benzene rings is 1. The van der Waals surface area contributed by atoms with Crippen LogP contribution in [0.3, 0.4) is 0 Å². The maximum Gasteiger partial charge on any atom is 0.115 e. The van der Waals surface area contributed by atoms with Crippen molar-refractivity contribution in [3.8, 4) is 5.75 Å². The zero-order chi connectivity index (χ0) is 13.9. The lowest BCUT2D eigenvalue weighted by molar-refractivity contribution is 0.276. The van der Waals surface area contributed by atoms with Crippen molar-refractivity contribution in [3.63, 3.8) is 0 Å². The normalized spacial score (nSPS) is 22.2. The zero-order valence-electron chi connectivity index (χ0n) is 11.9. The number of allylic oxidation sites excluding steroid dienone is 2. The van der Waals surface area contributed by atoms with Gasteiger partial charge in [-0.25, -0.2) is 0 Å². The molecule has 3 heteroatoms. The Bertz CT molecular complexity index is 543. The standard InChI is InChI=1S/C17H21NO2/c1-20-15-6-7-16-13(11-15)8-9-18-17(16)10-12-2-4-14(19)5-3-12/h2-6,17-19H,7-11H2,1H3. The number of phenols is 1. The monoisotopic (exact) mass is 271 g/mol. The molecule has 1 aliphatic carbocycles. The first-order valence-electron chi connectivity index (χ1n) is 7.21. The van der Waals surface area contributed by atoms with Crippen molar-refractivity contribution in [1.82, 2.24) is 5.32 Å². The molecular formula is C17H21NO2. The van der Waals surface area contributed by atoms with Crippen LogP contribution < -0.4 is 5.32 Å². The van der Waals surface area contributed by atoms with Gasteiger partial charge in [0.05, 0.1) is 12.9 Å². The minimum atomic E-state index is 0.329. The van der Waals surface area contributed by atoms with E-state index < -0.39 is 0 Å². The highest BCUT2D eigenvalue weighted by molar-refractivity contribution is 5.35. The van der Waals surface area contributed by atoms with Crippen LogP contribution in [0.25, 0.3) is 0 Å². The number of hydrogen-bond acceptors (Lipinski definition) is 3. The lowest BCUT2D eigenvalue weighted by Crippen LogP contribution is -2.39. The zero-order valence-corrected chi connectivity index (χ0v) is 11.9. The first-order valence-corrected chi connectivity index (χ1v) is 7.21. The van der Waals surface area contributed by atoms with Gasteiger partial charge in [-0.15, -0.1) is 0 Å². The van der Waals surface area contributed by atoms with Gasteiger partial charge in [-0.2, -0.15) is 0 Å². The quantitative estimate of drug-likeness (QED) is 0.831. The van der Waals surface area contributed by atoms with Crippen LogP contribution in [0, 0.1) is 0 Å². The second-order valence-electron chi connectivity index (χ2n) is 5.51. The van der Waals surface area contributed by atoms with E-state index in [0.717, 1.165) is 38.0 Å². The first kappa shape index (κ1) is 13.3. The third kappa shape index (κ3) is 2.73. The van der Waals surface area contributed by atoms with Gasteiger partial charge in [-0.05, 0) is 55.2 Å². The highest BCUT2D eigenvalue weighted by atomic mass is 16.5. The van der Waals surface area contributed by atoms with Crippen molar-refractivity contribution in [2.45, 2.75) is 31.7 Å². The van der Waals surface area contributed by atoms with Gasteiger partial charge in [0, 0.05) is 12.5 Å². The van der Waals surface area contributed by atoms with Gasteiger partial charge in [-0.3, -0.25) is 0 Å². The highest BCUT2D eigenvalue weighted by Crippen LogP contribution is 2.32. The second kappa shape index (κ2) is 5.71. The number of rotatable bonds is 3. The van der Waals surface area contributed by atoms with Crippen LogP contribution in [-0.2, 0) is 11.2 Å². The van der Waals surface area contributed by atoms with Crippen LogP contribution in [0.4, 0.5) is 0 Å². The summed E-state index contributed by atoms with van der Waals surface area (Å²) in [6.07, 6.45) is 6.28. The number of methoxy groups -OCH3 is 1. The fraction of sp³-hybridized carbons (Fsp3) is 0.412. The minimum absolute atomic E-state index is 0.329. The summed E-state index contributed by atoms with van der Waals surface area (Å²) in [5, 5.41) is 13.0. The molecule has 0 amide bonds. The van der Waals surface area contributed by atoms with Gasteiger partial charge in [0.15, 0.2) is 0 Å². The molecule has 1 atom stereocenters. The molecule has 1 heterocycles. The SMILES string of the molecule is COC1=CCC2=C(CCNC2Cc2ccc(O)cc2)C1. The fourth-order valence-corrected chi connectivity index (χ4v) is 3.14. The molecule has 3 rings (SSSR count). The molecular weight excluding hydrogens is 250 g/mol. The number of phenolic OH excluding ortho intramolecular Hbond substituents is 1. The first-order chi connectivity index (χ1) is 9.76. The molecule has 0 radical (unpaired) electrons. The van der Waals surface area contributed by atoms with E-state index in [1.807, 2.05) is 12.1 Å². The van der Waals surface area contributed by atoms with E-state index in [4.69, 9.17) is 4.74 Å². The van der Waals surface area contributed by atoms with Crippen molar-refractivity contribution < 1.29 is 9.84 Å². The summed E-state index contributed by atoms with van der Waals surface area (Å²) in [4.78, 5) is 0. The number of ether oxygens (including phenoxy) is 1. The van der Waals surface area contributed by atoms with Crippen LogP contribution in [0.2, 0.25) is 0 Å². The summed E-state index contributed by atoms with van der Waals surface area (Å²) in [6, 6.07) is 7.95. The van der Waals surface area contributed by atoms with E-state index in [1.165, 1.54) is 11.1 Å². The summed E-state index contributed by atoms with van der Waals surface area (Å²) in [7, 11) is 1.76. The van der Waals surface area contributed by atoms with Crippen LogP contribution in [0.5, 0.6) is 5.75 Å². The van der Waals surface area contributed by atoms with Crippen LogP contribution in [-0.4, -0.2) is 24.8 Å². The molecule has 1 aliphatic heterocycles. The minimum Gasteiger partial charge on any atom is -0.508 e. The molecule has 0 aromatic heterocycles. The van der Waals surface area contributed by atoms with Gasteiger partial charge in [0.25, 0.3) is 0 Å². The van der Waals surface area contributed by atoms with Crippen LogP contribution in [0.1, 0.15) is 24.8 Å². The Balaban J connectivity index is 1.75. The van der Waals surface area contributed by atoms with Gasteiger partial charge >= 0.3 is 0 Å². The average molecular weight is 271 g/mol. The summed E-state index contributed by atoms with van der Waals surface area (Å²) >= 11 is 0. The fourth-order valence-electron chi connectivity index (χ4n) is 3.14. The largest absolute Gasteiger partial charge is 0.508 e. The van der Waals surface area contributed by atoms with Gasteiger partial charge in [0.2, 0.25) is 0 Å². The molecule has 20 heavy (non-hydrogen) atoms. The Hall–Kier alpha value is -1.74. The Kier molecular flexibility index (Phi) is 3.79. The topological polar surface area (TPSA) is 41.5 Å². The number of hydrogen-bond donors (Lipinski definition) is 2. The molecule has 0 spiro atoms. The smallest absolute Gasteiger partial charge is 0.115 e. The van der Waals surface area contributed by atoms with E-state index in [9.17, 15) is 5.11 Å². The molecule has 2 N–H and O–H groups in total.